The number of hydrogen-bond donors (Lipinski definition) is 1. The van der Waals surface area contributed by atoms with Crippen LogP contribution < -0.4 is 5.32 Å². The zero-order valence-electron chi connectivity index (χ0n) is 9.57. The Labute approximate surface area is 104 Å². The summed E-state index contributed by atoms with van der Waals surface area (Å²) in [6.07, 6.45) is 1.56. The molecule has 0 aliphatic carbocycles. The lowest BCUT2D eigenvalue weighted by Gasteiger charge is -2.12. The van der Waals surface area contributed by atoms with Crippen molar-refractivity contribution in [3.63, 3.8) is 0 Å². The first-order valence-electron chi connectivity index (χ1n) is 5.02. The van der Waals surface area contributed by atoms with Gasteiger partial charge in [0.15, 0.2) is 0 Å². The number of carbonyl (C=O) groups is 2. The molecule has 17 heavy (non-hydrogen) atoms. The highest BCUT2D eigenvalue weighted by atomic mass is 35.5. The molecule has 0 saturated carbocycles. The number of ether oxygens (including phenoxy) is 1. The van der Waals surface area contributed by atoms with Crippen LogP contribution in [0.1, 0.15) is 23.8 Å². The third-order valence-electron chi connectivity index (χ3n) is 2.03. The van der Waals surface area contributed by atoms with E-state index in [1.54, 1.807) is 13.0 Å². The van der Waals surface area contributed by atoms with Crippen molar-refractivity contribution in [2.45, 2.75) is 19.4 Å². The molecule has 1 aromatic heterocycles. The molecule has 0 radical (unpaired) electrons. The Kier molecular flexibility index (Phi) is 4.90. The molecule has 0 aromatic carbocycles. The van der Waals surface area contributed by atoms with Gasteiger partial charge in [0.25, 0.3) is 5.91 Å². The number of nitrogens with one attached hydrogen (secondary N) is 1. The number of aromatic nitrogens is 1. The minimum absolute atomic E-state index is 0.114. The smallest absolute Gasteiger partial charge is 0.307 e. The third-order valence-corrected chi connectivity index (χ3v) is 2.27. The second-order valence-corrected chi connectivity index (χ2v) is 3.95. The van der Waals surface area contributed by atoms with Crippen LogP contribution in [0.25, 0.3) is 0 Å². The number of rotatable bonds is 4. The normalized spacial score (nSPS) is 11.7. The van der Waals surface area contributed by atoms with Crippen molar-refractivity contribution in [1.29, 1.82) is 0 Å². The highest BCUT2D eigenvalue weighted by Crippen LogP contribution is 2.08. The van der Waals surface area contributed by atoms with Crippen molar-refractivity contribution < 1.29 is 14.3 Å². The van der Waals surface area contributed by atoms with E-state index < -0.39 is 0 Å². The molecular formula is C11H13ClN2O3. The number of pyridine rings is 1. The van der Waals surface area contributed by atoms with E-state index in [0.29, 0.717) is 5.02 Å². The monoisotopic (exact) mass is 256 g/mol. The SMILES string of the molecule is COC(=O)CC(C)NC(=O)c1cc(Cl)ccn1. The number of carbonyl (C=O) groups excluding carboxylic acids is 2. The van der Waals surface area contributed by atoms with Crippen LogP contribution in [-0.2, 0) is 9.53 Å². The summed E-state index contributed by atoms with van der Waals surface area (Å²) in [7, 11) is 1.30. The Balaban J connectivity index is 2.57. The Hall–Kier alpha value is -1.62. The predicted molar refractivity (Wildman–Crippen MR) is 62.8 cm³/mol. The molecule has 1 heterocycles. The summed E-state index contributed by atoms with van der Waals surface area (Å²) in [5.41, 5.74) is 0.217. The van der Waals surface area contributed by atoms with Crippen molar-refractivity contribution in [3.05, 3.63) is 29.0 Å². The highest BCUT2D eigenvalue weighted by Gasteiger charge is 2.14. The summed E-state index contributed by atoms with van der Waals surface area (Å²) in [5.74, 6) is -0.749. The molecule has 0 spiro atoms. The maximum atomic E-state index is 11.7. The van der Waals surface area contributed by atoms with Gasteiger partial charge in [0.2, 0.25) is 0 Å². The maximum absolute atomic E-state index is 11.7. The Morgan fingerprint density at radius 3 is 2.88 bits per heavy atom. The Bertz CT molecular complexity index is 423. The molecule has 92 valence electrons. The molecule has 0 aliphatic rings. The van der Waals surface area contributed by atoms with E-state index in [9.17, 15) is 9.59 Å². The lowest BCUT2D eigenvalue weighted by Crippen LogP contribution is -2.34. The number of methoxy groups -OCH3 is 1. The van der Waals surface area contributed by atoms with E-state index in [2.05, 4.69) is 15.0 Å². The average Bonchev–Trinajstić information content (AvgIpc) is 2.28. The summed E-state index contributed by atoms with van der Waals surface area (Å²) >= 11 is 5.74. The summed E-state index contributed by atoms with van der Waals surface area (Å²) in [6, 6.07) is 2.72. The van der Waals surface area contributed by atoms with Gasteiger partial charge in [-0.2, -0.15) is 0 Å². The van der Waals surface area contributed by atoms with Gasteiger partial charge in [-0.15, -0.1) is 0 Å². The van der Waals surface area contributed by atoms with Gasteiger partial charge in [0.05, 0.1) is 13.5 Å². The van der Waals surface area contributed by atoms with Gasteiger partial charge in [-0.3, -0.25) is 14.6 Å². The Morgan fingerprint density at radius 2 is 2.29 bits per heavy atom. The van der Waals surface area contributed by atoms with Crippen LogP contribution in [0.5, 0.6) is 0 Å². The quantitative estimate of drug-likeness (QED) is 0.828. The number of esters is 1. The van der Waals surface area contributed by atoms with Gasteiger partial charge in [-0.05, 0) is 19.1 Å². The molecule has 0 aliphatic heterocycles. The van der Waals surface area contributed by atoms with Gasteiger partial charge < -0.3 is 10.1 Å². The number of halogens is 1. The van der Waals surface area contributed by atoms with Crippen molar-refractivity contribution in [2.75, 3.05) is 7.11 Å². The van der Waals surface area contributed by atoms with Crippen LogP contribution in [0.2, 0.25) is 5.02 Å². The molecule has 0 saturated heterocycles. The molecular weight excluding hydrogens is 244 g/mol. The van der Waals surface area contributed by atoms with E-state index in [4.69, 9.17) is 11.6 Å². The molecule has 0 fully saturated rings. The molecule has 1 unspecified atom stereocenters. The minimum Gasteiger partial charge on any atom is -0.469 e. The molecule has 1 atom stereocenters. The molecule has 1 aromatic rings. The van der Waals surface area contributed by atoms with Crippen molar-refractivity contribution >= 4 is 23.5 Å². The lowest BCUT2D eigenvalue weighted by molar-refractivity contribution is -0.141. The molecule has 5 nitrogen and oxygen atoms in total. The number of amides is 1. The summed E-state index contributed by atoms with van der Waals surface area (Å²) in [4.78, 5) is 26.6. The lowest BCUT2D eigenvalue weighted by atomic mass is 10.2. The van der Waals surface area contributed by atoms with Crippen LogP contribution >= 0.6 is 11.6 Å². The largest absolute Gasteiger partial charge is 0.469 e. The van der Waals surface area contributed by atoms with Gasteiger partial charge in [-0.25, -0.2) is 0 Å². The number of nitrogens with zero attached hydrogens (tertiary/aromatic N) is 1. The van der Waals surface area contributed by atoms with Crippen LogP contribution in [0, 0.1) is 0 Å². The van der Waals surface area contributed by atoms with Gasteiger partial charge in [0.1, 0.15) is 5.69 Å². The van der Waals surface area contributed by atoms with E-state index in [-0.39, 0.29) is 30.0 Å². The van der Waals surface area contributed by atoms with Crippen LogP contribution in [0.4, 0.5) is 0 Å². The standard InChI is InChI=1S/C11H13ClN2O3/c1-7(5-10(15)17-2)14-11(16)9-6-8(12)3-4-13-9/h3-4,6-7H,5H2,1-2H3,(H,14,16). The van der Waals surface area contributed by atoms with Gasteiger partial charge >= 0.3 is 5.97 Å². The summed E-state index contributed by atoms with van der Waals surface area (Å²) in [6.45, 7) is 1.71. The molecule has 0 bridgehead atoms. The van der Waals surface area contributed by atoms with Crippen molar-refractivity contribution in [3.8, 4) is 0 Å². The fraction of sp³-hybridized carbons (Fsp3) is 0.364. The molecule has 1 amide bonds. The fourth-order valence-corrected chi connectivity index (χ4v) is 1.37. The topological polar surface area (TPSA) is 68.3 Å². The van der Waals surface area contributed by atoms with Crippen LogP contribution in [0.15, 0.2) is 18.3 Å². The van der Waals surface area contributed by atoms with E-state index >= 15 is 0 Å². The zero-order valence-corrected chi connectivity index (χ0v) is 10.3. The third kappa shape index (κ3) is 4.40. The summed E-state index contributed by atoms with van der Waals surface area (Å²) < 4.78 is 4.50. The predicted octanol–water partition coefficient (Wildman–Crippen LogP) is 1.42. The first kappa shape index (κ1) is 13.4. The fourth-order valence-electron chi connectivity index (χ4n) is 1.21. The molecule has 1 rings (SSSR count). The second-order valence-electron chi connectivity index (χ2n) is 3.51. The van der Waals surface area contributed by atoms with Crippen LogP contribution in [-0.4, -0.2) is 30.0 Å². The Morgan fingerprint density at radius 1 is 1.59 bits per heavy atom. The first-order chi connectivity index (χ1) is 8.02. The molecule has 1 N–H and O–H groups in total. The summed E-state index contributed by atoms with van der Waals surface area (Å²) in [5, 5.41) is 3.06. The van der Waals surface area contributed by atoms with Gasteiger partial charge in [0, 0.05) is 17.3 Å². The highest BCUT2D eigenvalue weighted by molar-refractivity contribution is 6.30. The van der Waals surface area contributed by atoms with Crippen molar-refractivity contribution in [2.24, 2.45) is 0 Å². The maximum Gasteiger partial charge on any atom is 0.307 e. The first-order valence-corrected chi connectivity index (χ1v) is 5.40. The van der Waals surface area contributed by atoms with E-state index in [0.717, 1.165) is 0 Å². The minimum atomic E-state index is -0.378. The second kappa shape index (κ2) is 6.20. The van der Waals surface area contributed by atoms with E-state index in [1.807, 2.05) is 0 Å². The average molecular weight is 257 g/mol. The number of hydrogen-bond acceptors (Lipinski definition) is 4. The van der Waals surface area contributed by atoms with E-state index in [1.165, 1.54) is 19.4 Å². The zero-order chi connectivity index (χ0) is 12.8. The van der Waals surface area contributed by atoms with Crippen molar-refractivity contribution in [1.82, 2.24) is 10.3 Å². The van der Waals surface area contributed by atoms with Gasteiger partial charge in [-0.1, -0.05) is 11.6 Å². The molecule has 6 heteroatoms. The van der Waals surface area contributed by atoms with Crippen LogP contribution in [0.3, 0.4) is 0 Å².